The molecule has 1 rings (SSSR count). The zero-order valence-corrected chi connectivity index (χ0v) is 11.1. The van der Waals surface area contributed by atoms with E-state index in [0.29, 0.717) is 6.42 Å². The maximum atomic E-state index is 12.9. The third kappa shape index (κ3) is 4.65. The Morgan fingerprint density at radius 2 is 2.11 bits per heavy atom. The summed E-state index contributed by atoms with van der Waals surface area (Å²) < 4.78 is 17.5. The van der Waals surface area contributed by atoms with Crippen molar-refractivity contribution in [3.05, 3.63) is 29.8 Å². The van der Waals surface area contributed by atoms with Crippen LogP contribution in [0.1, 0.15) is 30.8 Å². The molecule has 1 aromatic heterocycles. The van der Waals surface area contributed by atoms with Crippen molar-refractivity contribution in [3.8, 4) is 0 Å². The fourth-order valence-corrected chi connectivity index (χ4v) is 1.59. The summed E-state index contributed by atoms with van der Waals surface area (Å²) in [5.74, 6) is -1.68. The van der Waals surface area contributed by atoms with Gasteiger partial charge in [-0.2, -0.15) is 4.39 Å². The van der Waals surface area contributed by atoms with Crippen LogP contribution in [0.5, 0.6) is 0 Å². The molecule has 0 fully saturated rings. The van der Waals surface area contributed by atoms with Gasteiger partial charge in [-0.25, -0.2) is 9.78 Å². The number of hydrogen-bond donors (Lipinski definition) is 1. The summed E-state index contributed by atoms with van der Waals surface area (Å²) in [5, 5.41) is 2.50. The maximum absolute atomic E-state index is 12.9. The lowest BCUT2D eigenvalue weighted by atomic mass is 10.0. The summed E-state index contributed by atoms with van der Waals surface area (Å²) in [6.45, 7) is 3.84. The molecule has 0 aliphatic carbocycles. The summed E-state index contributed by atoms with van der Waals surface area (Å²) in [6, 6.07) is 3.14. The van der Waals surface area contributed by atoms with Gasteiger partial charge < -0.3 is 10.1 Å². The number of ether oxygens (including phenoxy) is 1. The Hall–Kier alpha value is -1.98. The van der Waals surface area contributed by atoms with Crippen molar-refractivity contribution in [3.63, 3.8) is 0 Å². The number of aromatic nitrogens is 1. The molecule has 1 N–H and O–H groups in total. The average Bonchev–Trinajstić information content (AvgIpc) is 2.36. The highest BCUT2D eigenvalue weighted by Gasteiger charge is 2.23. The zero-order chi connectivity index (χ0) is 14.4. The molecule has 0 saturated heterocycles. The molecule has 0 spiro atoms. The van der Waals surface area contributed by atoms with Crippen LogP contribution in [0.4, 0.5) is 4.39 Å². The summed E-state index contributed by atoms with van der Waals surface area (Å²) >= 11 is 0. The Labute approximate surface area is 111 Å². The molecule has 1 unspecified atom stereocenters. The van der Waals surface area contributed by atoms with Gasteiger partial charge in [-0.1, -0.05) is 19.9 Å². The number of carbonyl (C=O) groups is 2. The molecule has 1 atom stereocenters. The van der Waals surface area contributed by atoms with E-state index in [4.69, 9.17) is 0 Å². The second-order valence-corrected chi connectivity index (χ2v) is 4.52. The van der Waals surface area contributed by atoms with Gasteiger partial charge in [0, 0.05) is 0 Å². The normalized spacial score (nSPS) is 12.1. The molecule has 6 heteroatoms. The number of nitrogens with zero attached hydrogens (tertiary/aromatic N) is 1. The Balaban J connectivity index is 2.78. The van der Waals surface area contributed by atoms with Crippen LogP contribution in [-0.2, 0) is 9.53 Å². The maximum Gasteiger partial charge on any atom is 0.328 e. The van der Waals surface area contributed by atoms with E-state index in [1.807, 2.05) is 13.8 Å². The van der Waals surface area contributed by atoms with Crippen LogP contribution in [0, 0.1) is 11.9 Å². The van der Waals surface area contributed by atoms with E-state index in [1.165, 1.54) is 19.2 Å². The highest BCUT2D eigenvalue weighted by molar-refractivity contribution is 5.95. The smallest absolute Gasteiger partial charge is 0.328 e. The van der Waals surface area contributed by atoms with Gasteiger partial charge in [-0.05, 0) is 24.5 Å². The number of hydrogen-bond acceptors (Lipinski definition) is 4. The first-order chi connectivity index (χ1) is 8.93. The van der Waals surface area contributed by atoms with Crippen LogP contribution in [0.2, 0.25) is 0 Å². The molecule has 0 saturated carbocycles. The second kappa shape index (κ2) is 6.82. The van der Waals surface area contributed by atoms with Crippen LogP contribution >= 0.6 is 0 Å². The first-order valence-electron chi connectivity index (χ1n) is 5.95. The molecule has 0 bridgehead atoms. The van der Waals surface area contributed by atoms with Crippen LogP contribution in [0.25, 0.3) is 0 Å². The van der Waals surface area contributed by atoms with Gasteiger partial charge >= 0.3 is 5.97 Å². The lowest BCUT2D eigenvalue weighted by Gasteiger charge is -2.17. The van der Waals surface area contributed by atoms with Crippen molar-refractivity contribution in [1.29, 1.82) is 0 Å². The van der Waals surface area contributed by atoms with Crippen molar-refractivity contribution >= 4 is 11.9 Å². The highest BCUT2D eigenvalue weighted by atomic mass is 19.1. The topological polar surface area (TPSA) is 68.3 Å². The first kappa shape index (κ1) is 15.1. The predicted molar refractivity (Wildman–Crippen MR) is 66.9 cm³/mol. The second-order valence-electron chi connectivity index (χ2n) is 4.52. The van der Waals surface area contributed by atoms with E-state index < -0.39 is 23.9 Å². The quantitative estimate of drug-likeness (QED) is 0.649. The molecule has 19 heavy (non-hydrogen) atoms. The first-order valence-corrected chi connectivity index (χ1v) is 5.95. The van der Waals surface area contributed by atoms with E-state index in [9.17, 15) is 14.0 Å². The van der Waals surface area contributed by atoms with E-state index in [-0.39, 0.29) is 11.6 Å². The van der Waals surface area contributed by atoms with E-state index in [0.717, 1.165) is 6.07 Å². The number of halogens is 1. The summed E-state index contributed by atoms with van der Waals surface area (Å²) in [5.41, 5.74) is -0.0716. The fourth-order valence-electron chi connectivity index (χ4n) is 1.59. The number of esters is 1. The minimum Gasteiger partial charge on any atom is -0.467 e. The molecule has 1 amide bonds. The highest BCUT2D eigenvalue weighted by Crippen LogP contribution is 2.07. The van der Waals surface area contributed by atoms with Crippen LogP contribution in [0.15, 0.2) is 18.2 Å². The number of carbonyl (C=O) groups excluding carboxylic acids is 2. The lowest BCUT2D eigenvalue weighted by molar-refractivity contribution is -0.143. The standard InChI is InChI=1S/C13H17FN2O3/c1-8(2)7-10(13(18)19-3)16-12(17)9-5-4-6-11(14)15-9/h4-6,8,10H,7H2,1-3H3,(H,16,17). The van der Waals surface area contributed by atoms with Crippen LogP contribution in [-0.4, -0.2) is 30.0 Å². The van der Waals surface area contributed by atoms with Gasteiger partial charge in [0.1, 0.15) is 11.7 Å². The Morgan fingerprint density at radius 1 is 1.42 bits per heavy atom. The molecule has 0 aromatic carbocycles. The third-order valence-electron chi connectivity index (χ3n) is 2.45. The summed E-state index contributed by atoms with van der Waals surface area (Å²) in [6.07, 6.45) is 0.438. The van der Waals surface area contributed by atoms with E-state index >= 15 is 0 Å². The van der Waals surface area contributed by atoms with E-state index in [1.54, 1.807) is 0 Å². The summed E-state index contributed by atoms with van der Waals surface area (Å²) in [7, 11) is 1.25. The van der Waals surface area contributed by atoms with Crippen molar-refractivity contribution in [1.82, 2.24) is 10.3 Å². The van der Waals surface area contributed by atoms with Gasteiger partial charge in [0.05, 0.1) is 7.11 Å². The zero-order valence-electron chi connectivity index (χ0n) is 11.1. The Morgan fingerprint density at radius 3 is 2.63 bits per heavy atom. The summed E-state index contributed by atoms with van der Waals surface area (Å²) in [4.78, 5) is 26.9. The minimum absolute atomic E-state index is 0.0716. The Bertz CT molecular complexity index is 463. The molecular weight excluding hydrogens is 251 g/mol. The number of nitrogens with one attached hydrogen (secondary N) is 1. The molecule has 1 aromatic rings. The SMILES string of the molecule is COC(=O)C(CC(C)C)NC(=O)c1cccc(F)n1. The van der Waals surface area contributed by atoms with Gasteiger partial charge in [0.15, 0.2) is 0 Å². The Kier molecular flexibility index (Phi) is 5.41. The third-order valence-corrected chi connectivity index (χ3v) is 2.45. The van der Waals surface area contributed by atoms with Crippen molar-refractivity contribution in [2.24, 2.45) is 5.92 Å². The number of rotatable bonds is 5. The molecule has 0 aliphatic heterocycles. The number of methoxy groups -OCH3 is 1. The monoisotopic (exact) mass is 268 g/mol. The molecular formula is C13H17FN2O3. The fraction of sp³-hybridized carbons (Fsp3) is 0.462. The number of pyridine rings is 1. The molecule has 104 valence electrons. The number of amides is 1. The van der Waals surface area contributed by atoms with Crippen LogP contribution < -0.4 is 5.32 Å². The van der Waals surface area contributed by atoms with Crippen molar-refractivity contribution < 1.29 is 18.7 Å². The molecule has 0 aliphatic rings. The average molecular weight is 268 g/mol. The van der Waals surface area contributed by atoms with Gasteiger partial charge in [-0.3, -0.25) is 4.79 Å². The van der Waals surface area contributed by atoms with Gasteiger partial charge in [-0.15, -0.1) is 0 Å². The predicted octanol–water partition coefficient (Wildman–Crippen LogP) is 1.54. The molecule has 0 radical (unpaired) electrons. The van der Waals surface area contributed by atoms with E-state index in [2.05, 4.69) is 15.0 Å². The van der Waals surface area contributed by atoms with Crippen molar-refractivity contribution in [2.45, 2.75) is 26.3 Å². The van der Waals surface area contributed by atoms with Gasteiger partial charge in [0.25, 0.3) is 5.91 Å². The lowest BCUT2D eigenvalue weighted by Crippen LogP contribution is -2.42. The molecule has 5 nitrogen and oxygen atoms in total. The largest absolute Gasteiger partial charge is 0.467 e. The van der Waals surface area contributed by atoms with Gasteiger partial charge in [0.2, 0.25) is 5.95 Å². The minimum atomic E-state index is -0.762. The van der Waals surface area contributed by atoms with Crippen LogP contribution in [0.3, 0.4) is 0 Å². The molecule has 1 heterocycles. The van der Waals surface area contributed by atoms with Crippen molar-refractivity contribution in [2.75, 3.05) is 7.11 Å².